The van der Waals surface area contributed by atoms with E-state index in [1.165, 1.54) is 0 Å². The number of rotatable bonds is 5. The summed E-state index contributed by atoms with van der Waals surface area (Å²) in [5.74, 6) is 0.446. The van der Waals surface area contributed by atoms with E-state index in [2.05, 4.69) is 31.9 Å². The highest BCUT2D eigenvalue weighted by atomic mass is 16.2. The lowest BCUT2D eigenvalue weighted by Gasteiger charge is -2.33. The standard InChI is InChI=1S/C19H29N3O2/c1-15(2)17-7-5-6-8-18(17)22(16(3)23)10-9-19(24)21-13-11-20(4)12-14-21/h5-8,15H,9-14H2,1-4H3. The molecular weight excluding hydrogens is 302 g/mol. The van der Waals surface area contributed by atoms with Gasteiger partial charge in [0.25, 0.3) is 0 Å². The van der Waals surface area contributed by atoms with Gasteiger partial charge in [0.05, 0.1) is 0 Å². The number of amides is 2. The number of nitrogens with zero attached hydrogens (tertiary/aromatic N) is 3. The first-order valence-corrected chi connectivity index (χ1v) is 8.73. The summed E-state index contributed by atoms with van der Waals surface area (Å²) in [4.78, 5) is 30.5. The number of benzene rings is 1. The van der Waals surface area contributed by atoms with Crippen LogP contribution in [0.1, 0.15) is 38.7 Å². The minimum atomic E-state index is -0.0192. The van der Waals surface area contributed by atoms with E-state index in [0.717, 1.165) is 37.4 Å². The fourth-order valence-electron chi connectivity index (χ4n) is 3.09. The molecule has 0 N–H and O–H groups in total. The van der Waals surface area contributed by atoms with Crippen molar-refractivity contribution >= 4 is 17.5 Å². The Balaban J connectivity index is 2.05. The Morgan fingerprint density at radius 2 is 1.75 bits per heavy atom. The van der Waals surface area contributed by atoms with E-state index in [-0.39, 0.29) is 11.8 Å². The topological polar surface area (TPSA) is 43.9 Å². The van der Waals surface area contributed by atoms with Gasteiger partial charge in [-0.25, -0.2) is 0 Å². The molecule has 5 nitrogen and oxygen atoms in total. The summed E-state index contributed by atoms with van der Waals surface area (Å²) in [6, 6.07) is 7.96. The second kappa shape index (κ2) is 8.29. The van der Waals surface area contributed by atoms with E-state index >= 15 is 0 Å². The molecular formula is C19H29N3O2. The van der Waals surface area contributed by atoms with E-state index in [4.69, 9.17) is 0 Å². The number of para-hydroxylation sites is 1. The molecule has 1 fully saturated rings. The van der Waals surface area contributed by atoms with Gasteiger partial charge in [-0.2, -0.15) is 0 Å². The Labute approximate surface area is 145 Å². The Kier molecular flexibility index (Phi) is 6.37. The molecule has 1 saturated heterocycles. The van der Waals surface area contributed by atoms with Crippen LogP contribution in [0.25, 0.3) is 0 Å². The highest BCUT2D eigenvalue weighted by Crippen LogP contribution is 2.27. The predicted molar refractivity (Wildman–Crippen MR) is 97.3 cm³/mol. The van der Waals surface area contributed by atoms with Crippen LogP contribution in [0.15, 0.2) is 24.3 Å². The van der Waals surface area contributed by atoms with Crippen LogP contribution in [0, 0.1) is 0 Å². The summed E-state index contributed by atoms with van der Waals surface area (Å²) in [6.07, 6.45) is 0.371. The fourth-order valence-corrected chi connectivity index (χ4v) is 3.09. The van der Waals surface area contributed by atoms with Crippen LogP contribution in [0.4, 0.5) is 5.69 Å². The molecule has 5 heteroatoms. The lowest BCUT2D eigenvalue weighted by Crippen LogP contribution is -2.48. The largest absolute Gasteiger partial charge is 0.340 e. The number of likely N-dealkylation sites (N-methyl/N-ethyl adjacent to an activating group) is 1. The van der Waals surface area contributed by atoms with E-state index in [1.807, 2.05) is 23.1 Å². The normalized spacial score (nSPS) is 15.6. The third-order valence-electron chi connectivity index (χ3n) is 4.63. The predicted octanol–water partition coefficient (Wildman–Crippen LogP) is 2.33. The smallest absolute Gasteiger partial charge is 0.224 e. The summed E-state index contributed by atoms with van der Waals surface area (Å²) >= 11 is 0. The van der Waals surface area contributed by atoms with Crippen LogP contribution in [0.2, 0.25) is 0 Å². The van der Waals surface area contributed by atoms with E-state index < -0.39 is 0 Å². The minimum absolute atomic E-state index is 0.0192. The molecule has 24 heavy (non-hydrogen) atoms. The molecule has 0 spiro atoms. The van der Waals surface area contributed by atoms with Crippen LogP contribution >= 0.6 is 0 Å². The van der Waals surface area contributed by atoms with Gasteiger partial charge in [-0.3, -0.25) is 9.59 Å². The molecule has 0 atom stereocenters. The second-order valence-electron chi connectivity index (χ2n) is 6.82. The first-order chi connectivity index (χ1) is 11.4. The molecule has 1 aromatic rings. The van der Waals surface area contributed by atoms with Crippen molar-refractivity contribution < 1.29 is 9.59 Å². The summed E-state index contributed by atoms with van der Waals surface area (Å²) < 4.78 is 0. The third kappa shape index (κ3) is 4.57. The van der Waals surface area contributed by atoms with E-state index in [0.29, 0.717) is 18.9 Å². The van der Waals surface area contributed by atoms with Crippen LogP contribution in [0.5, 0.6) is 0 Å². The van der Waals surface area contributed by atoms with E-state index in [1.54, 1.807) is 11.8 Å². The average molecular weight is 331 g/mol. The number of anilines is 1. The van der Waals surface area contributed by atoms with Crippen LogP contribution in [-0.4, -0.2) is 61.4 Å². The zero-order valence-corrected chi connectivity index (χ0v) is 15.3. The molecule has 0 saturated carbocycles. The summed E-state index contributed by atoms with van der Waals surface area (Å²) in [7, 11) is 2.07. The molecule has 0 unspecified atom stereocenters. The number of hydrogen-bond donors (Lipinski definition) is 0. The molecule has 2 amide bonds. The molecule has 1 aliphatic rings. The van der Waals surface area contributed by atoms with Gasteiger partial charge in [0.2, 0.25) is 11.8 Å². The van der Waals surface area contributed by atoms with Crippen LogP contribution in [0.3, 0.4) is 0 Å². The number of hydrogen-bond acceptors (Lipinski definition) is 3. The van der Waals surface area contributed by atoms with Crippen molar-refractivity contribution in [2.24, 2.45) is 0 Å². The van der Waals surface area contributed by atoms with Crippen molar-refractivity contribution in [3.63, 3.8) is 0 Å². The Morgan fingerprint density at radius 3 is 2.33 bits per heavy atom. The maximum atomic E-state index is 12.5. The summed E-state index contributed by atoms with van der Waals surface area (Å²) in [6.45, 7) is 9.62. The maximum absolute atomic E-state index is 12.5. The fraction of sp³-hybridized carbons (Fsp3) is 0.579. The van der Waals surface area contributed by atoms with Gasteiger partial charge in [0, 0.05) is 51.8 Å². The molecule has 2 rings (SSSR count). The summed E-state index contributed by atoms with van der Waals surface area (Å²) in [5.41, 5.74) is 2.06. The molecule has 0 aromatic heterocycles. The highest BCUT2D eigenvalue weighted by molar-refractivity contribution is 5.93. The lowest BCUT2D eigenvalue weighted by atomic mass is 10.00. The Morgan fingerprint density at radius 1 is 1.12 bits per heavy atom. The van der Waals surface area contributed by atoms with Crippen molar-refractivity contribution in [3.05, 3.63) is 29.8 Å². The van der Waals surface area contributed by atoms with Crippen molar-refractivity contribution in [3.8, 4) is 0 Å². The van der Waals surface area contributed by atoms with Crippen molar-refractivity contribution in [1.29, 1.82) is 0 Å². The third-order valence-corrected chi connectivity index (χ3v) is 4.63. The number of carbonyl (C=O) groups is 2. The molecule has 0 bridgehead atoms. The SMILES string of the molecule is CC(=O)N(CCC(=O)N1CCN(C)CC1)c1ccccc1C(C)C. The van der Waals surface area contributed by atoms with Gasteiger partial charge < -0.3 is 14.7 Å². The summed E-state index contributed by atoms with van der Waals surface area (Å²) in [5, 5.41) is 0. The Hall–Kier alpha value is -1.88. The van der Waals surface area contributed by atoms with Gasteiger partial charge in [-0.15, -0.1) is 0 Å². The van der Waals surface area contributed by atoms with Crippen molar-refractivity contribution in [2.45, 2.75) is 33.1 Å². The average Bonchev–Trinajstić information content (AvgIpc) is 2.55. The number of piperazine rings is 1. The van der Waals surface area contributed by atoms with Gasteiger partial charge >= 0.3 is 0 Å². The molecule has 1 heterocycles. The first-order valence-electron chi connectivity index (χ1n) is 8.73. The van der Waals surface area contributed by atoms with Crippen LogP contribution in [-0.2, 0) is 9.59 Å². The lowest BCUT2D eigenvalue weighted by molar-refractivity contribution is -0.132. The van der Waals surface area contributed by atoms with Gasteiger partial charge in [0.1, 0.15) is 0 Å². The first kappa shape index (κ1) is 18.5. The van der Waals surface area contributed by atoms with Gasteiger partial charge in [-0.05, 0) is 24.6 Å². The highest BCUT2D eigenvalue weighted by Gasteiger charge is 2.22. The molecule has 1 aromatic carbocycles. The van der Waals surface area contributed by atoms with Gasteiger partial charge in [0.15, 0.2) is 0 Å². The zero-order chi connectivity index (χ0) is 17.7. The quantitative estimate of drug-likeness (QED) is 0.832. The molecule has 132 valence electrons. The van der Waals surface area contributed by atoms with Gasteiger partial charge in [-0.1, -0.05) is 32.0 Å². The monoisotopic (exact) mass is 331 g/mol. The van der Waals surface area contributed by atoms with Crippen LogP contribution < -0.4 is 4.90 Å². The van der Waals surface area contributed by atoms with Crippen molar-refractivity contribution in [1.82, 2.24) is 9.80 Å². The maximum Gasteiger partial charge on any atom is 0.224 e. The zero-order valence-electron chi connectivity index (χ0n) is 15.3. The molecule has 1 aliphatic heterocycles. The van der Waals surface area contributed by atoms with Crippen molar-refractivity contribution in [2.75, 3.05) is 44.7 Å². The van der Waals surface area contributed by atoms with E-state index in [9.17, 15) is 9.59 Å². The molecule has 0 aliphatic carbocycles. The minimum Gasteiger partial charge on any atom is -0.340 e. The number of carbonyl (C=O) groups excluding carboxylic acids is 2. The second-order valence-corrected chi connectivity index (χ2v) is 6.82. The molecule has 0 radical (unpaired) electrons. The Bertz CT molecular complexity index is 578.